The largest absolute Gasteiger partial charge is 0.348 e. The van der Waals surface area contributed by atoms with Crippen LogP contribution >= 0.6 is 0 Å². The van der Waals surface area contributed by atoms with E-state index in [1.807, 2.05) is 0 Å². The summed E-state index contributed by atoms with van der Waals surface area (Å²) in [7, 11) is 0. The predicted molar refractivity (Wildman–Crippen MR) is 54.0 cm³/mol. The lowest BCUT2D eigenvalue weighted by atomic mass is 10.0. The van der Waals surface area contributed by atoms with Gasteiger partial charge < -0.3 is 11.1 Å². The van der Waals surface area contributed by atoms with E-state index in [9.17, 15) is 4.79 Å². The molecule has 15 heavy (non-hydrogen) atoms. The Morgan fingerprint density at radius 2 is 2.53 bits per heavy atom. The van der Waals surface area contributed by atoms with E-state index in [4.69, 9.17) is 5.73 Å². The molecule has 4 N–H and O–H groups in total. The SMILES string of the molecule is NCC1CCCC1NC(=O)c1cn[nH]n1. The second-order valence-electron chi connectivity index (χ2n) is 3.86. The Morgan fingerprint density at radius 3 is 3.20 bits per heavy atom. The van der Waals surface area contributed by atoms with Gasteiger partial charge in [-0.15, -0.1) is 0 Å². The third kappa shape index (κ3) is 2.15. The smallest absolute Gasteiger partial charge is 0.273 e. The fourth-order valence-corrected chi connectivity index (χ4v) is 2.06. The highest BCUT2D eigenvalue weighted by molar-refractivity contribution is 5.92. The maximum atomic E-state index is 11.6. The average Bonchev–Trinajstić information content (AvgIpc) is 2.87. The second kappa shape index (κ2) is 4.39. The third-order valence-corrected chi connectivity index (χ3v) is 2.93. The first kappa shape index (κ1) is 10.1. The van der Waals surface area contributed by atoms with Crippen LogP contribution in [0.3, 0.4) is 0 Å². The number of aromatic nitrogens is 3. The number of hydrogen-bond donors (Lipinski definition) is 3. The molecule has 0 radical (unpaired) electrons. The van der Waals surface area contributed by atoms with Crippen LogP contribution in [0.25, 0.3) is 0 Å². The summed E-state index contributed by atoms with van der Waals surface area (Å²) >= 11 is 0. The van der Waals surface area contributed by atoms with Gasteiger partial charge in [-0.3, -0.25) is 4.79 Å². The Hall–Kier alpha value is -1.43. The van der Waals surface area contributed by atoms with Crippen LogP contribution in [0.4, 0.5) is 0 Å². The molecule has 2 rings (SSSR count). The molecule has 1 heterocycles. The van der Waals surface area contributed by atoms with Gasteiger partial charge in [0.25, 0.3) is 5.91 Å². The topological polar surface area (TPSA) is 96.7 Å². The van der Waals surface area contributed by atoms with Crippen molar-refractivity contribution in [3.05, 3.63) is 11.9 Å². The van der Waals surface area contributed by atoms with Crippen molar-refractivity contribution in [1.29, 1.82) is 0 Å². The lowest BCUT2D eigenvalue weighted by molar-refractivity contribution is 0.0923. The molecule has 0 bridgehead atoms. The van der Waals surface area contributed by atoms with Gasteiger partial charge in [0.2, 0.25) is 0 Å². The minimum Gasteiger partial charge on any atom is -0.348 e. The van der Waals surface area contributed by atoms with Gasteiger partial charge in [0.15, 0.2) is 5.69 Å². The van der Waals surface area contributed by atoms with Crippen LogP contribution in [-0.4, -0.2) is 33.9 Å². The maximum absolute atomic E-state index is 11.6. The highest BCUT2D eigenvalue weighted by atomic mass is 16.2. The maximum Gasteiger partial charge on any atom is 0.273 e. The molecule has 1 aromatic rings. The molecule has 0 spiro atoms. The standard InChI is InChI=1S/C9H15N5O/c10-4-6-2-1-3-7(6)12-9(15)8-5-11-14-13-8/h5-7H,1-4,10H2,(H,12,15)(H,11,13,14). The van der Waals surface area contributed by atoms with Crippen LogP contribution in [0, 0.1) is 5.92 Å². The number of amides is 1. The molecular weight excluding hydrogens is 194 g/mol. The third-order valence-electron chi connectivity index (χ3n) is 2.93. The van der Waals surface area contributed by atoms with E-state index in [-0.39, 0.29) is 11.9 Å². The summed E-state index contributed by atoms with van der Waals surface area (Å²) in [5, 5.41) is 12.7. The van der Waals surface area contributed by atoms with E-state index in [1.165, 1.54) is 6.20 Å². The number of nitrogens with two attached hydrogens (primary N) is 1. The molecule has 82 valence electrons. The monoisotopic (exact) mass is 209 g/mol. The molecule has 1 aromatic heterocycles. The molecule has 1 aliphatic carbocycles. The molecule has 1 aliphatic rings. The van der Waals surface area contributed by atoms with E-state index in [1.54, 1.807) is 0 Å². The molecule has 6 nitrogen and oxygen atoms in total. The Kier molecular flexibility index (Phi) is 2.96. The summed E-state index contributed by atoms with van der Waals surface area (Å²) in [6.45, 7) is 0.629. The Bertz CT molecular complexity index is 323. The zero-order valence-electron chi connectivity index (χ0n) is 8.44. The van der Waals surface area contributed by atoms with Crippen LogP contribution in [-0.2, 0) is 0 Å². The summed E-state index contributed by atoms with van der Waals surface area (Å²) in [6.07, 6.45) is 4.65. The number of nitrogens with zero attached hydrogens (tertiary/aromatic N) is 2. The molecular formula is C9H15N5O. The van der Waals surface area contributed by atoms with Crippen LogP contribution in [0.5, 0.6) is 0 Å². The molecule has 6 heteroatoms. The van der Waals surface area contributed by atoms with Crippen LogP contribution in [0.15, 0.2) is 6.20 Å². The van der Waals surface area contributed by atoms with E-state index in [0.717, 1.165) is 19.3 Å². The Labute approximate surface area is 87.6 Å². The summed E-state index contributed by atoms with van der Waals surface area (Å²) in [4.78, 5) is 11.6. The van der Waals surface area contributed by atoms with Crippen molar-refractivity contribution in [3.63, 3.8) is 0 Å². The summed E-state index contributed by atoms with van der Waals surface area (Å²) in [5.74, 6) is 0.231. The lowest BCUT2D eigenvalue weighted by Gasteiger charge is -2.18. The highest BCUT2D eigenvalue weighted by Gasteiger charge is 2.27. The van der Waals surface area contributed by atoms with Gasteiger partial charge in [-0.2, -0.15) is 15.4 Å². The number of carbonyl (C=O) groups excluding carboxylic acids is 1. The first-order chi connectivity index (χ1) is 7.31. The molecule has 0 saturated heterocycles. The molecule has 0 aromatic carbocycles. The van der Waals surface area contributed by atoms with Crippen molar-refractivity contribution in [3.8, 4) is 0 Å². The number of nitrogens with one attached hydrogen (secondary N) is 2. The van der Waals surface area contributed by atoms with Crippen molar-refractivity contribution >= 4 is 5.91 Å². The molecule has 2 atom stereocenters. The zero-order chi connectivity index (χ0) is 10.7. The summed E-state index contributed by atoms with van der Waals surface area (Å²) < 4.78 is 0. The van der Waals surface area contributed by atoms with Crippen molar-refractivity contribution in [1.82, 2.24) is 20.7 Å². The highest BCUT2D eigenvalue weighted by Crippen LogP contribution is 2.24. The van der Waals surface area contributed by atoms with Crippen molar-refractivity contribution in [2.45, 2.75) is 25.3 Å². The normalized spacial score (nSPS) is 25.4. The average molecular weight is 209 g/mol. The molecule has 1 amide bonds. The lowest BCUT2D eigenvalue weighted by Crippen LogP contribution is -2.40. The second-order valence-corrected chi connectivity index (χ2v) is 3.86. The fourth-order valence-electron chi connectivity index (χ4n) is 2.06. The van der Waals surface area contributed by atoms with Gasteiger partial charge in [0.05, 0.1) is 6.20 Å². The van der Waals surface area contributed by atoms with Crippen LogP contribution in [0.1, 0.15) is 29.8 Å². The first-order valence-corrected chi connectivity index (χ1v) is 5.18. The number of carbonyl (C=O) groups is 1. The van der Waals surface area contributed by atoms with Gasteiger partial charge >= 0.3 is 0 Å². The molecule has 1 saturated carbocycles. The Morgan fingerprint density at radius 1 is 1.67 bits per heavy atom. The quantitative estimate of drug-likeness (QED) is 0.634. The minimum absolute atomic E-state index is 0.172. The van der Waals surface area contributed by atoms with Crippen molar-refractivity contribution in [2.24, 2.45) is 11.7 Å². The number of rotatable bonds is 3. The number of H-pyrrole nitrogens is 1. The molecule has 0 aliphatic heterocycles. The van der Waals surface area contributed by atoms with Gasteiger partial charge in [0.1, 0.15) is 0 Å². The zero-order valence-corrected chi connectivity index (χ0v) is 8.44. The van der Waals surface area contributed by atoms with Crippen LogP contribution < -0.4 is 11.1 Å². The fraction of sp³-hybridized carbons (Fsp3) is 0.667. The van der Waals surface area contributed by atoms with Crippen molar-refractivity contribution in [2.75, 3.05) is 6.54 Å². The molecule has 2 unspecified atom stereocenters. The number of aromatic amines is 1. The van der Waals surface area contributed by atoms with Gasteiger partial charge in [0, 0.05) is 6.04 Å². The van der Waals surface area contributed by atoms with Crippen molar-refractivity contribution < 1.29 is 4.79 Å². The van der Waals surface area contributed by atoms with E-state index in [2.05, 4.69) is 20.7 Å². The first-order valence-electron chi connectivity index (χ1n) is 5.18. The van der Waals surface area contributed by atoms with Gasteiger partial charge in [-0.25, -0.2) is 0 Å². The summed E-state index contributed by atoms with van der Waals surface area (Å²) in [6, 6.07) is 0.194. The van der Waals surface area contributed by atoms with E-state index in [0.29, 0.717) is 18.2 Å². The van der Waals surface area contributed by atoms with Gasteiger partial charge in [-0.1, -0.05) is 6.42 Å². The minimum atomic E-state index is -0.172. The predicted octanol–water partition coefficient (Wildman–Crippen LogP) is -0.338. The van der Waals surface area contributed by atoms with E-state index < -0.39 is 0 Å². The number of hydrogen-bond acceptors (Lipinski definition) is 4. The van der Waals surface area contributed by atoms with Gasteiger partial charge in [-0.05, 0) is 25.3 Å². The Balaban J connectivity index is 1.94. The molecule has 1 fully saturated rings. The van der Waals surface area contributed by atoms with E-state index >= 15 is 0 Å². The van der Waals surface area contributed by atoms with Crippen LogP contribution in [0.2, 0.25) is 0 Å². The summed E-state index contributed by atoms with van der Waals surface area (Å²) in [5.41, 5.74) is 5.96.